The first-order valence-electron chi connectivity index (χ1n) is 9.87. The number of hydrogen-bond acceptors (Lipinski definition) is 6. The molecule has 0 spiro atoms. The molecule has 2 aliphatic heterocycles. The van der Waals surface area contributed by atoms with Crippen LogP contribution in [0, 0.1) is 5.92 Å². The second-order valence-corrected chi connectivity index (χ2v) is 7.47. The summed E-state index contributed by atoms with van der Waals surface area (Å²) in [5.41, 5.74) is 6.85. The van der Waals surface area contributed by atoms with Gasteiger partial charge >= 0.3 is 6.01 Å². The van der Waals surface area contributed by atoms with Gasteiger partial charge in [0.15, 0.2) is 0 Å². The molecule has 1 fully saturated rings. The highest BCUT2D eigenvalue weighted by atomic mass is 16.5. The second-order valence-electron chi connectivity index (χ2n) is 7.47. The van der Waals surface area contributed by atoms with E-state index in [0.29, 0.717) is 30.5 Å². The number of piperidine rings is 1. The van der Waals surface area contributed by atoms with E-state index in [1.54, 1.807) is 4.90 Å². The van der Waals surface area contributed by atoms with Gasteiger partial charge in [0.25, 0.3) is 0 Å². The molecular formula is C19H31N5O2. The van der Waals surface area contributed by atoms with E-state index in [0.717, 1.165) is 50.9 Å². The predicted octanol–water partition coefficient (Wildman–Crippen LogP) is 2.25. The number of nitrogen functional groups attached to an aromatic ring is 1. The number of aromatic nitrogens is 2. The number of anilines is 2. The van der Waals surface area contributed by atoms with Gasteiger partial charge in [-0.3, -0.25) is 9.69 Å². The van der Waals surface area contributed by atoms with Crippen LogP contribution >= 0.6 is 0 Å². The third-order valence-electron chi connectivity index (χ3n) is 5.48. The van der Waals surface area contributed by atoms with Crippen molar-refractivity contribution in [3.63, 3.8) is 0 Å². The minimum atomic E-state index is 0.0291. The molecule has 1 saturated heterocycles. The molecule has 2 N–H and O–H groups in total. The van der Waals surface area contributed by atoms with E-state index < -0.39 is 0 Å². The van der Waals surface area contributed by atoms with Crippen molar-refractivity contribution >= 4 is 17.5 Å². The Morgan fingerprint density at radius 1 is 1.27 bits per heavy atom. The minimum absolute atomic E-state index is 0.0291. The predicted molar refractivity (Wildman–Crippen MR) is 102 cm³/mol. The lowest BCUT2D eigenvalue weighted by Crippen LogP contribution is -2.39. The molecule has 0 aromatic carbocycles. The molecule has 7 heteroatoms. The standard InChI is InChI=1S/C19H31N5O2/c1-4-6-13(3)26-19-21-17(20)15-11-16(25)24(18(15)22-19)12-14-7-9-23(5-2)10-8-14/h13-14H,4-12H2,1-3H3,(H2,20,21,22)/t13-/m0/s1. The molecule has 1 amide bonds. The van der Waals surface area contributed by atoms with E-state index in [9.17, 15) is 4.79 Å². The minimum Gasteiger partial charge on any atom is -0.460 e. The Hall–Kier alpha value is -1.89. The fourth-order valence-electron chi connectivity index (χ4n) is 3.86. The third kappa shape index (κ3) is 4.09. The topological polar surface area (TPSA) is 84.6 Å². The zero-order valence-electron chi connectivity index (χ0n) is 16.2. The summed E-state index contributed by atoms with van der Waals surface area (Å²) in [6, 6.07) is 0.280. The Balaban J connectivity index is 1.74. The molecule has 1 atom stereocenters. The first kappa shape index (κ1) is 18.9. The Morgan fingerprint density at radius 2 is 2.00 bits per heavy atom. The number of nitrogens with zero attached hydrogens (tertiary/aromatic N) is 4. The van der Waals surface area contributed by atoms with E-state index in [1.807, 2.05) is 6.92 Å². The van der Waals surface area contributed by atoms with Gasteiger partial charge in [-0.25, -0.2) is 0 Å². The van der Waals surface area contributed by atoms with Crippen molar-refractivity contribution in [1.29, 1.82) is 0 Å². The molecule has 1 aromatic rings. The van der Waals surface area contributed by atoms with Crippen molar-refractivity contribution in [2.75, 3.05) is 36.8 Å². The first-order valence-corrected chi connectivity index (χ1v) is 9.87. The molecule has 3 rings (SSSR count). The summed E-state index contributed by atoms with van der Waals surface area (Å²) < 4.78 is 5.82. The number of hydrogen-bond donors (Lipinski definition) is 1. The summed E-state index contributed by atoms with van der Waals surface area (Å²) in [6.45, 7) is 10.3. The van der Waals surface area contributed by atoms with Crippen molar-refractivity contribution in [2.45, 2.75) is 59.0 Å². The maximum Gasteiger partial charge on any atom is 0.320 e. The fraction of sp³-hybridized carbons (Fsp3) is 0.737. The Labute approximate surface area is 155 Å². The van der Waals surface area contributed by atoms with Crippen LogP contribution in [-0.4, -0.2) is 53.1 Å². The molecule has 0 aliphatic carbocycles. The van der Waals surface area contributed by atoms with Crippen LogP contribution in [0.1, 0.15) is 52.0 Å². The zero-order valence-corrected chi connectivity index (χ0v) is 16.2. The SMILES string of the molecule is CCC[C@H](C)Oc1nc(N)c2c(n1)N(CC1CCN(CC)CC1)C(=O)C2. The smallest absolute Gasteiger partial charge is 0.320 e. The highest BCUT2D eigenvalue weighted by Crippen LogP contribution is 2.34. The van der Waals surface area contributed by atoms with Gasteiger partial charge < -0.3 is 15.4 Å². The molecule has 3 heterocycles. The van der Waals surface area contributed by atoms with E-state index in [-0.39, 0.29) is 18.0 Å². The van der Waals surface area contributed by atoms with E-state index in [1.165, 1.54) is 0 Å². The van der Waals surface area contributed by atoms with Gasteiger partial charge in [-0.2, -0.15) is 9.97 Å². The molecule has 1 aromatic heterocycles. The number of carbonyl (C=O) groups excluding carboxylic acids is 1. The van der Waals surface area contributed by atoms with E-state index >= 15 is 0 Å². The summed E-state index contributed by atoms with van der Waals surface area (Å²) in [6.07, 6.45) is 4.51. The molecule has 0 bridgehead atoms. The Kier molecular flexibility index (Phi) is 5.96. The van der Waals surface area contributed by atoms with Crippen molar-refractivity contribution in [3.8, 4) is 6.01 Å². The van der Waals surface area contributed by atoms with Gasteiger partial charge in [0.05, 0.1) is 12.5 Å². The van der Waals surface area contributed by atoms with Crippen molar-refractivity contribution in [1.82, 2.24) is 14.9 Å². The summed E-state index contributed by atoms with van der Waals surface area (Å²) >= 11 is 0. The molecule has 0 radical (unpaired) electrons. The van der Waals surface area contributed by atoms with Gasteiger partial charge in [-0.1, -0.05) is 20.3 Å². The van der Waals surface area contributed by atoms with Crippen molar-refractivity contribution in [2.24, 2.45) is 5.92 Å². The normalized spacial score (nSPS) is 19.7. The highest BCUT2D eigenvalue weighted by molar-refractivity contribution is 6.01. The molecule has 26 heavy (non-hydrogen) atoms. The number of carbonyl (C=O) groups is 1. The zero-order chi connectivity index (χ0) is 18.7. The van der Waals surface area contributed by atoms with E-state index in [2.05, 4.69) is 28.7 Å². The van der Waals surface area contributed by atoms with Crippen LogP contribution in [0.15, 0.2) is 0 Å². The van der Waals surface area contributed by atoms with Gasteiger partial charge in [-0.05, 0) is 51.7 Å². The molecular weight excluding hydrogens is 330 g/mol. The molecule has 144 valence electrons. The number of fused-ring (bicyclic) bond motifs is 1. The van der Waals surface area contributed by atoms with Crippen LogP contribution < -0.4 is 15.4 Å². The number of rotatable bonds is 7. The van der Waals surface area contributed by atoms with Crippen LogP contribution in [0.5, 0.6) is 6.01 Å². The lowest BCUT2D eigenvalue weighted by Gasteiger charge is -2.33. The fourth-order valence-corrected chi connectivity index (χ4v) is 3.86. The molecule has 0 unspecified atom stereocenters. The second kappa shape index (κ2) is 8.20. The lowest BCUT2D eigenvalue weighted by atomic mass is 9.96. The average molecular weight is 361 g/mol. The third-order valence-corrected chi connectivity index (χ3v) is 5.48. The van der Waals surface area contributed by atoms with Gasteiger partial charge in [-0.15, -0.1) is 0 Å². The highest BCUT2D eigenvalue weighted by Gasteiger charge is 2.34. The maximum atomic E-state index is 12.6. The van der Waals surface area contributed by atoms with Crippen LogP contribution in [0.3, 0.4) is 0 Å². The first-order chi connectivity index (χ1) is 12.5. The van der Waals surface area contributed by atoms with Crippen LogP contribution in [0.2, 0.25) is 0 Å². The van der Waals surface area contributed by atoms with Crippen molar-refractivity contribution in [3.05, 3.63) is 5.56 Å². The quantitative estimate of drug-likeness (QED) is 0.802. The number of ether oxygens (including phenoxy) is 1. The lowest BCUT2D eigenvalue weighted by molar-refractivity contribution is -0.117. The summed E-state index contributed by atoms with van der Waals surface area (Å²) in [7, 11) is 0. The summed E-state index contributed by atoms with van der Waals surface area (Å²) in [5, 5.41) is 0. The van der Waals surface area contributed by atoms with Crippen LogP contribution in [0.4, 0.5) is 11.6 Å². The molecule has 0 saturated carbocycles. The van der Waals surface area contributed by atoms with Gasteiger partial charge in [0.1, 0.15) is 11.6 Å². The summed E-state index contributed by atoms with van der Waals surface area (Å²) in [5.74, 6) is 1.59. The molecule has 7 nitrogen and oxygen atoms in total. The van der Waals surface area contributed by atoms with Gasteiger partial charge in [0.2, 0.25) is 5.91 Å². The number of amides is 1. The maximum absolute atomic E-state index is 12.6. The van der Waals surface area contributed by atoms with Crippen molar-refractivity contribution < 1.29 is 9.53 Å². The van der Waals surface area contributed by atoms with Crippen LogP contribution in [-0.2, 0) is 11.2 Å². The average Bonchev–Trinajstić information content (AvgIpc) is 2.92. The Bertz CT molecular complexity index is 643. The monoisotopic (exact) mass is 361 g/mol. The largest absolute Gasteiger partial charge is 0.460 e. The Morgan fingerprint density at radius 3 is 2.65 bits per heavy atom. The van der Waals surface area contributed by atoms with Crippen LogP contribution in [0.25, 0.3) is 0 Å². The number of likely N-dealkylation sites (tertiary alicyclic amines) is 1. The molecule has 2 aliphatic rings. The van der Waals surface area contributed by atoms with Gasteiger partial charge in [0, 0.05) is 12.1 Å². The van der Waals surface area contributed by atoms with E-state index in [4.69, 9.17) is 10.5 Å². The number of nitrogens with two attached hydrogens (primary N) is 1. The summed E-state index contributed by atoms with van der Waals surface area (Å²) in [4.78, 5) is 25.6.